The maximum atomic E-state index is 10.5. The number of hydrogen-bond donors (Lipinski definition) is 3. The van der Waals surface area contributed by atoms with Gasteiger partial charge in [0.1, 0.15) is 0 Å². The molecule has 42 heavy (non-hydrogen) atoms. The highest BCUT2D eigenvalue weighted by molar-refractivity contribution is 5.40. The van der Waals surface area contributed by atoms with E-state index in [1.54, 1.807) is 5.57 Å². The Morgan fingerprint density at radius 1 is 0.905 bits per heavy atom. The van der Waals surface area contributed by atoms with Crippen molar-refractivity contribution in [3.8, 4) is 0 Å². The van der Waals surface area contributed by atoms with Gasteiger partial charge in [-0.3, -0.25) is 0 Å². The molecule has 0 aromatic carbocycles. The second kappa shape index (κ2) is 23.5. The summed E-state index contributed by atoms with van der Waals surface area (Å²) in [6.45, 7) is 34.9. The van der Waals surface area contributed by atoms with Crippen molar-refractivity contribution >= 4 is 0 Å². The predicted octanol–water partition coefficient (Wildman–Crippen LogP) is 11.6. The minimum Gasteiger partial charge on any atom is -0.392 e. The number of allylic oxidation sites excluding steroid dienone is 3. The Labute approximate surface area is 265 Å². The number of hydrogen-bond acceptors (Lipinski definition) is 3. The van der Waals surface area contributed by atoms with Gasteiger partial charge in [0.2, 0.25) is 0 Å². The molecular weight excluding hydrogens is 516 g/mol. The van der Waals surface area contributed by atoms with Crippen molar-refractivity contribution in [2.45, 2.75) is 192 Å². The minimum absolute atomic E-state index is 0.448. The molecule has 0 spiro atoms. The van der Waals surface area contributed by atoms with Gasteiger partial charge in [-0.15, -0.1) is 0 Å². The van der Waals surface area contributed by atoms with E-state index in [-0.39, 0.29) is 0 Å². The maximum absolute atomic E-state index is 10.5. The van der Waals surface area contributed by atoms with Gasteiger partial charge >= 0.3 is 0 Å². The standard InChI is InChI=1S/C23H36O2.C7H16O.C3H8.3C2H6/c1-6-18-11-12-19-16(8-7-13-23(18,19)5)9-10-17-14-20(24)22(3,4)21(25)15(17)2;1-4-5-6-7(2,3)8;1-3-2;3*1-2/h9-10,18-21,24-25H,2,6-8,11-14H2,1,3-5H3;8H,4-6H2,1-3H3;3H2,1-2H3;3*1-2H3/b16-9+,17-10-;;;;;. The van der Waals surface area contributed by atoms with Gasteiger partial charge in [-0.1, -0.05) is 140 Å². The van der Waals surface area contributed by atoms with E-state index in [9.17, 15) is 10.2 Å². The van der Waals surface area contributed by atoms with Crippen LogP contribution in [-0.4, -0.2) is 33.1 Å². The van der Waals surface area contributed by atoms with E-state index in [0.29, 0.717) is 17.8 Å². The number of rotatable bonds is 5. The lowest BCUT2D eigenvalue weighted by atomic mass is 9.63. The molecule has 3 fully saturated rings. The first-order valence-corrected chi connectivity index (χ1v) is 17.9. The zero-order valence-electron chi connectivity index (χ0n) is 31.3. The van der Waals surface area contributed by atoms with Crippen LogP contribution in [0.2, 0.25) is 0 Å². The van der Waals surface area contributed by atoms with Crippen molar-refractivity contribution in [3.05, 3.63) is 35.5 Å². The molecule has 3 rings (SSSR count). The van der Waals surface area contributed by atoms with Crippen LogP contribution in [0.4, 0.5) is 0 Å². The lowest BCUT2D eigenvalue weighted by Crippen LogP contribution is -2.45. The van der Waals surface area contributed by atoms with E-state index >= 15 is 0 Å². The average molecular weight is 595 g/mol. The van der Waals surface area contributed by atoms with Crippen molar-refractivity contribution in [1.29, 1.82) is 0 Å². The van der Waals surface area contributed by atoms with Crippen LogP contribution in [0, 0.1) is 22.7 Å². The van der Waals surface area contributed by atoms with Gasteiger partial charge in [0.05, 0.1) is 17.8 Å². The summed E-state index contributed by atoms with van der Waals surface area (Å²) in [5.74, 6) is 1.58. The quantitative estimate of drug-likeness (QED) is 0.297. The van der Waals surface area contributed by atoms with Crippen LogP contribution >= 0.6 is 0 Å². The lowest BCUT2D eigenvalue weighted by molar-refractivity contribution is -0.0404. The number of unbranched alkanes of at least 4 members (excludes halogenated alkanes) is 1. The number of aliphatic hydroxyl groups is 3. The second-order valence-electron chi connectivity index (χ2n) is 13.1. The summed E-state index contributed by atoms with van der Waals surface area (Å²) in [7, 11) is 0. The van der Waals surface area contributed by atoms with E-state index in [0.717, 1.165) is 29.9 Å². The van der Waals surface area contributed by atoms with Gasteiger partial charge in [0.15, 0.2) is 0 Å². The maximum Gasteiger partial charge on any atom is 0.0862 e. The smallest absolute Gasteiger partial charge is 0.0862 e. The molecule has 3 saturated carbocycles. The summed E-state index contributed by atoms with van der Waals surface area (Å²) >= 11 is 0. The highest BCUT2D eigenvalue weighted by Crippen LogP contribution is 2.58. The molecule has 3 N–H and O–H groups in total. The van der Waals surface area contributed by atoms with E-state index in [4.69, 9.17) is 5.11 Å². The average Bonchev–Trinajstić information content (AvgIpc) is 3.32. The normalized spacial score (nSPS) is 29.5. The Hall–Kier alpha value is -0.900. The van der Waals surface area contributed by atoms with Crippen LogP contribution in [0.1, 0.15) is 174 Å². The molecule has 0 aromatic rings. The van der Waals surface area contributed by atoms with E-state index < -0.39 is 23.2 Å². The van der Waals surface area contributed by atoms with Crippen LogP contribution in [0.25, 0.3) is 0 Å². The molecule has 0 bridgehead atoms. The Balaban J connectivity index is -0.000000749. The molecule has 5 atom stereocenters. The molecule has 0 heterocycles. The Morgan fingerprint density at radius 2 is 1.43 bits per heavy atom. The summed E-state index contributed by atoms with van der Waals surface area (Å²) in [4.78, 5) is 0. The molecule has 0 aliphatic heterocycles. The summed E-state index contributed by atoms with van der Waals surface area (Å²) in [5.41, 5.74) is 2.88. The van der Waals surface area contributed by atoms with Crippen molar-refractivity contribution < 1.29 is 15.3 Å². The van der Waals surface area contributed by atoms with Gasteiger partial charge in [0, 0.05) is 5.41 Å². The molecule has 3 nitrogen and oxygen atoms in total. The first-order chi connectivity index (χ1) is 19.7. The molecule has 252 valence electrons. The minimum atomic E-state index is -0.673. The molecular formula is C39H78O3. The third-order valence-electron chi connectivity index (χ3n) is 9.01. The monoisotopic (exact) mass is 595 g/mol. The third-order valence-corrected chi connectivity index (χ3v) is 9.01. The highest BCUT2D eigenvalue weighted by Gasteiger charge is 2.48. The fourth-order valence-electron chi connectivity index (χ4n) is 6.42. The molecule has 0 radical (unpaired) electrons. The third kappa shape index (κ3) is 14.3. The fourth-order valence-corrected chi connectivity index (χ4v) is 6.42. The van der Waals surface area contributed by atoms with E-state index in [1.807, 2.05) is 69.2 Å². The van der Waals surface area contributed by atoms with Crippen molar-refractivity contribution in [1.82, 2.24) is 0 Å². The van der Waals surface area contributed by atoms with Crippen molar-refractivity contribution in [2.24, 2.45) is 22.7 Å². The van der Waals surface area contributed by atoms with Gasteiger partial charge in [-0.25, -0.2) is 0 Å². The van der Waals surface area contributed by atoms with Crippen LogP contribution < -0.4 is 0 Å². The van der Waals surface area contributed by atoms with Crippen molar-refractivity contribution in [3.63, 3.8) is 0 Å². The highest BCUT2D eigenvalue weighted by atomic mass is 16.3. The number of aliphatic hydroxyl groups excluding tert-OH is 2. The number of fused-ring (bicyclic) bond motifs is 1. The van der Waals surface area contributed by atoms with Gasteiger partial charge < -0.3 is 15.3 Å². The Kier molecular flexibility index (Phi) is 25.4. The largest absolute Gasteiger partial charge is 0.392 e. The van der Waals surface area contributed by atoms with Crippen LogP contribution in [0.15, 0.2) is 35.5 Å². The van der Waals surface area contributed by atoms with E-state index in [1.165, 1.54) is 51.4 Å². The topological polar surface area (TPSA) is 60.7 Å². The zero-order valence-corrected chi connectivity index (χ0v) is 31.3. The van der Waals surface area contributed by atoms with Gasteiger partial charge in [-0.05, 0) is 87.2 Å². The Bertz CT molecular complexity index is 739. The van der Waals surface area contributed by atoms with Crippen LogP contribution in [0.3, 0.4) is 0 Å². The van der Waals surface area contributed by atoms with E-state index in [2.05, 4.69) is 53.3 Å². The molecule has 3 aliphatic carbocycles. The first kappa shape index (κ1) is 45.5. The van der Waals surface area contributed by atoms with Crippen LogP contribution in [0.5, 0.6) is 0 Å². The van der Waals surface area contributed by atoms with Gasteiger partial charge in [-0.2, -0.15) is 0 Å². The SMILES string of the molecule is C=C1/C(=C\C=C2/CCCC3(C)C(CC)CCC23)CC(O)C(C)(C)C1O.CC.CC.CC.CCC.CCCCC(C)(C)O. The second-order valence-corrected chi connectivity index (χ2v) is 13.1. The molecule has 0 saturated heterocycles. The van der Waals surface area contributed by atoms with Crippen molar-refractivity contribution in [2.75, 3.05) is 0 Å². The van der Waals surface area contributed by atoms with Crippen LogP contribution in [-0.2, 0) is 0 Å². The summed E-state index contributed by atoms with van der Waals surface area (Å²) in [6.07, 6.45) is 16.1. The predicted molar refractivity (Wildman–Crippen MR) is 190 cm³/mol. The molecule has 5 unspecified atom stereocenters. The fraction of sp³-hybridized carbons (Fsp3) is 0.846. The van der Waals surface area contributed by atoms with Gasteiger partial charge in [0.25, 0.3) is 0 Å². The molecule has 0 amide bonds. The zero-order chi connectivity index (χ0) is 33.7. The lowest BCUT2D eigenvalue weighted by Gasteiger charge is -2.43. The summed E-state index contributed by atoms with van der Waals surface area (Å²) in [5, 5.41) is 30.1. The summed E-state index contributed by atoms with van der Waals surface area (Å²) < 4.78 is 0. The molecule has 3 aliphatic rings. The summed E-state index contributed by atoms with van der Waals surface area (Å²) in [6, 6.07) is 0. The Morgan fingerprint density at radius 3 is 1.86 bits per heavy atom. The molecule has 0 aromatic heterocycles. The first-order valence-electron chi connectivity index (χ1n) is 17.9. The molecule has 3 heteroatoms.